The Morgan fingerprint density at radius 1 is 1.36 bits per heavy atom. The van der Waals surface area contributed by atoms with Gasteiger partial charge in [0.1, 0.15) is 16.5 Å². The molecule has 0 aliphatic heterocycles. The highest BCUT2D eigenvalue weighted by molar-refractivity contribution is 7.16. The van der Waals surface area contributed by atoms with Gasteiger partial charge in [0.15, 0.2) is 0 Å². The molecular weight excluding hydrogens is 348 g/mol. The molecule has 0 aliphatic rings. The molecule has 2 heterocycles. The molecule has 1 atom stereocenters. The molecular formula is C17H15F2N3O2S. The minimum atomic E-state index is -0.712. The zero-order valence-corrected chi connectivity index (χ0v) is 14.1. The SMILES string of the molecule is C[C@H](NC(=O)CCn1cnc2sccc2c1=O)c1ccc(F)cc1F. The van der Waals surface area contributed by atoms with Crippen molar-refractivity contribution in [3.8, 4) is 0 Å². The summed E-state index contributed by atoms with van der Waals surface area (Å²) >= 11 is 1.38. The van der Waals surface area contributed by atoms with Crippen molar-refractivity contribution < 1.29 is 13.6 Å². The minimum Gasteiger partial charge on any atom is -0.349 e. The fourth-order valence-electron chi connectivity index (χ4n) is 2.52. The average molecular weight is 363 g/mol. The Kier molecular flexibility index (Phi) is 4.89. The summed E-state index contributed by atoms with van der Waals surface area (Å²) in [6.45, 7) is 1.78. The van der Waals surface area contributed by atoms with Gasteiger partial charge in [0, 0.05) is 24.6 Å². The van der Waals surface area contributed by atoms with Crippen LogP contribution in [-0.4, -0.2) is 15.5 Å². The van der Waals surface area contributed by atoms with E-state index in [0.29, 0.717) is 10.2 Å². The van der Waals surface area contributed by atoms with E-state index in [2.05, 4.69) is 10.3 Å². The van der Waals surface area contributed by atoms with Crippen LogP contribution < -0.4 is 10.9 Å². The van der Waals surface area contributed by atoms with E-state index >= 15 is 0 Å². The Hall–Kier alpha value is -2.61. The molecule has 1 aromatic carbocycles. The first-order valence-corrected chi connectivity index (χ1v) is 8.50. The van der Waals surface area contributed by atoms with Crippen LogP contribution in [0.3, 0.4) is 0 Å². The molecule has 5 nitrogen and oxygen atoms in total. The third-order valence-electron chi connectivity index (χ3n) is 3.84. The fraction of sp³-hybridized carbons (Fsp3) is 0.235. The number of carbonyl (C=O) groups excluding carboxylic acids is 1. The minimum absolute atomic E-state index is 0.0460. The second-order valence-corrected chi connectivity index (χ2v) is 6.48. The summed E-state index contributed by atoms with van der Waals surface area (Å²) in [5, 5.41) is 4.95. The smallest absolute Gasteiger partial charge is 0.262 e. The molecule has 8 heteroatoms. The van der Waals surface area contributed by atoms with Crippen LogP contribution in [0, 0.1) is 11.6 Å². The van der Waals surface area contributed by atoms with Crippen molar-refractivity contribution in [2.45, 2.75) is 25.9 Å². The number of halogens is 2. The monoisotopic (exact) mass is 363 g/mol. The summed E-state index contributed by atoms with van der Waals surface area (Å²) in [4.78, 5) is 29.1. The zero-order chi connectivity index (χ0) is 18.0. The van der Waals surface area contributed by atoms with Crippen LogP contribution >= 0.6 is 11.3 Å². The molecule has 0 spiro atoms. The molecule has 0 unspecified atom stereocenters. The lowest BCUT2D eigenvalue weighted by Crippen LogP contribution is -2.29. The first kappa shape index (κ1) is 17.2. The largest absolute Gasteiger partial charge is 0.349 e. The Balaban J connectivity index is 1.64. The van der Waals surface area contributed by atoms with E-state index in [1.54, 1.807) is 18.4 Å². The molecule has 1 N–H and O–H groups in total. The highest BCUT2D eigenvalue weighted by Gasteiger charge is 2.14. The van der Waals surface area contributed by atoms with Gasteiger partial charge in [-0.2, -0.15) is 0 Å². The first-order chi connectivity index (χ1) is 12.0. The third kappa shape index (κ3) is 3.74. The van der Waals surface area contributed by atoms with E-state index in [4.69, 9.17) is 0 Å². The van der Waals surface area contributed by atoms with Crippen molar-refractivity contribution in [1.82, 2.24) is 14.9 Å². The first-order valence-electron chi connectivity index (χ1n) is 7.62. The Labute approximate surface area is 145 Å². The number of amides is 1. The number of carbonyl (C=O) groups is 1. The molecule has 0 saturated heterocycles. The van der Waals surface area contributed by atoms with E-state index in [0.717, 1.165) is 12.1 Å². The Morgan fingerprint density at radius 2 is 2.16 bits per heavy atom. The molecule has 3 rings (SSSR count). The van der Waals surface area contributed by atoms with Gasteiger partial charge in [-0.15, -0.1) is 11.3 Å². The number of nitrogens with one attached hydrogen (secondary N) is 1. The van der Waals surface area contributed by atoms with Gasteiger partial charge in [0.05, 0.1) is 17.8 Å². The molecule has 0 radical (unpaired) electrons. The fourth-order valence-corrected chi connectivity index (χ4v) is 3.24. The lowest BCUT2D eigenvalue weighted by molar-refractivity contribution is -0.122. The van der Waals surface area contributed by atoms with Gasteiger partial charge in [-0.3, -0.25) is 14.2 Å². The lowest BCUT2D eigenvalue weighted by atomic mass is 10.1. The number of aryl methyl sites for hydroxylation is 1. The van der Waals surface area contributed by atoms with Crippen LogP contribution in [0.2, 0.25) is 0 Å². The Morgan fingerprint density at radius 3 is 2.92 bits per heavy atom. The van der Waals surface area contributed by atoms with Crippen molar-refractivity contribution >= 4 is 27.5 Å². The van der Waals surface area contributed by atoms with Gasteiger partial charge in [-0.05, 0) is 24.4 Å². The average Bonchev–Trinajstić information content (AvgIpc) is 3.03. The summed E-state index contributed by atoms with van der Waals surface area (Å²) in [6.07, 6.45) is 1.46. The van der Waals surface area contributed by atoms with Crippen LogP contribution in [0.4, 0.5) is 8.78 Å². The van der Waals surface area contributed by atoms with Gasteiger partial charge in [0.25, 0.3) is 5.56 Å². The van der Waals surface area contributed by atoms with Crippen molar-refractivity contribution in [3.63, 3.8) is 0 Å². The number of fused-ring (bicyclic) bond motifs is 1. The number of rotatable bonds is 5. The topological polar surface area (TPSA) is 64.0 Å². The molecule has 1 amide bonds. The van der Waals surface area contributed by atoms with Gasteiger partial charge in [0.2, 0.25) is 5.91 Å². The predicted octanol–water partition coefficient (Wildman–Crippen LogP) is 3.00. The molecule has 3 aromatic rings. The summed E-state index contributed by atoms with van der Waals surface area (Å²) in [5.74, 6) is -1.72. The van der Waals surface area contributed by atoms with Crippen LogP contribution in [0.5, 0.6) is 0 Å². The standard InChI is InChI=1S/C17H15F2N3O2S/c1-10(12-3-2-11(18)8-14(12)19)21-15(23)4-6-22-9-20-16-13(17(22)24)5-7-25-16/h2-3,5,7-10H,4,6H2,1H3,(H,21,23)/t10-/m0/s1. The third-order valence-corrected chi connectivity index (χ3v) is 4.66. The molecule has 25 heavy (non-hydrogen) atoms. The van der Waals surface area contributed by atoms with E-state index in [-0.39, 0.29) is 30.0 Å². The van der Waals surface area contributed by atoms with Crippen LogP contribution in [-0.2, 0) is 11.3 Å². The molecule has 0 saturated carbocycles. The summed E-state index contributed by atoms with van der Waals surface area (Å²) in [6, 6.07) is 4.31. The molecule has 0 aliphatic carbocycles. The predicted molar refractivity (Wildman–Crippen MR) is 91.4 cm³/mol. The highest BCUT2D eigenvalue weighted by Crippen LogP contribution is 2.18. The molecule has 2 aromatic heterocycles. The number of thiophene rings is 1. The van der Waals surface area contributed by atoms with E-state index in [9.17, 15) is 18.4 Å². The van der Waals surface area contributed by atoms with Crippen LogP contribution in [0.15, 0.2) is 40.8 Å². The lowest BCUT2D eigenvalue weighted by Gasteiger charge is -2.15. The van der Waals surface area contributed by atoms with E-state index < -0.39 is 17.7 Å². The summed E-state index contributed by atoms with van der Waals surface area (Å²) in [7, 11) is 0. The number of hydrogen-bond acceptors (Lipinski definition) is 4. The molecule has 0 bridgehead atoms. The highest BCUT2D eigenvalue weighted by atomic mass is 32.1. The Bertz CT molecular complexity index is 983. The van der Waals surface area contributed by atoms with Crippen LogP contribution in [0.1, 0.15) is 24.9 Å². The van der Waals surface area contributed by atoms with E-state index in [1.807, 2.05) is 0 Å². The van der Waals surface area contributed by atoms with Gasteiger partial charge in [-0.25, -0.2) is 13.8 Å². The van der Waals surface area contributed by atoms with Crippen molar-refractivity contribution in [2.24, 2.45) is 0 Å². The zero-order valence-electron chi connectivity index (χ0n) is 13.3. The maximum Gasteiger partial charge on any atom is 0.262 e. The number of hydrogen-bond donors (Lipinski definition) is 1. The quantitative estimate of drug-likeness (QED) is 0.758. The maximum atomic E-state index is 13.7. The normalized spacial score (nSPS) is 12.3. The summed E-state index contributed by atoms with van der Waals surface area (Å²) < 4.78 is 28.0. The van der Waals surface area contributed by atoms with Gasteiger partial charge >= 0.3 is 0 Å². The van der Waals surface area contributed by atoms with Gasteiger partial charge in [-0.1, -0.05) is 6.07 Å². The maximum absolute atomic E-state index is 13.7. The molecule has 130 valence electrons. The van der Waals surface area contributed by atoms with Crippen LogP contribution in [0.25, 0.3) is 10.2 Å². The number of nitrogens with zero attached hydrogens (tertiary/aromatic N) is 2. The van der Waals surface area contributed by atoms with Crippen molar-refractivity contribution in [1.29, 1.82) is 0 Å². The second-order valence-electron chi connectivity index (χ2n) is 5.59. The van der Waals surface area contributed by atoms with E-state index in [1.165, 1.54) is 28.3 Å². The van der Waals surface area contributed by atoms with Crippen molar-refractivity contribution in [2.75, 3.05) is 0 Å². The second kappa shape index (κ2) is 7.10. The number of benzene rings is 1. The van der Waals surface area contributed by atoms with Gasteiger partial charge < -0.3 is 5.32 Å². The number of aromatic nitrogens is 2. The molecule has 0 fully saturated rings. The summed E-state index contributed by atoms with van der Waals surface area (Å²) in [5.41, 5.74) is 0.00459. The van der Waals surface area contributed by atoms with Crippen molar-refractivity contribution in [3.05, 3.63) is 63.5 Å².